The van der Waals surface area contributed by atoms with Crippen molar-refractivity contribution in [1.82, 2.24) is 24.1 Å². The van der Waals surface area contributed by atoms with Crippen molar-refractivity contribution < 1.29 is 4.79 Å². The molecule has 1 aromatic carbocycles. The van der Waals surface area contributed by atoms with E-state index in [1.807, 2.05) is 22.7 Å². The van der Waals surface area contributed by atoms with Gasteiger partial charge in [0.05, 0.1) is 5.69 Å². The van der Waals surface area contributed by atoms with Gasteiger partial charge >= 0.3 is 0 Å². The molecule has 7 nitrogen and oxygen atoms in total. The van der Waals surface area contributed by atoms with Crippen LogP contribution >= 0.6 is 0 Å². The highest BCUT2D eigenvalue weighted by Crippen LogP contribution is 2.32. The lowest BCUT2D eigenvalue weighted by atomic mass is 10.0. The van der Waals surface area contributed by atoms with E-state index >= 15 is 0 Å². The first-order chi connectivity index (χ1) is 15.2. The monoisotopic (exact) mass is 414 g/mol. The fourth-order valence-electron chi connectivity index (χ4n) is 4.65. The number of benzene rings is 1. The molecular weight excluding hydrogens is 388 g/mol. The van der Waals surface area contributed by atoms with Crippen LogP contribution in [0.15, 0.2) is 48.7 Å². The van der Waals surface area contributed by atoms with E-state index in [1.54, 1.807) is 0 Å². The summed E-state index contributed by atoms with van der Waals surface area (Å²) in [6.07, 6.45) is 6.53. The summed E-state index contributed by atoms with van der Waals surface area (Å²) >= 11 is 0. The molecule has 3 aromatic heterocycles. The van der Waals surface area contributed by atoms with Crippen molar-refractivity contribution in [3.8, 4) is 11.3 Å². The third kappa shape index (κ3) is 3.39. The summed E-state index contributed by atoms with van der Waals surface area (Å²) < 4.78 is 4.26. The Morgan fingerprint density at radius 1 is 1.06 bits per heavy atom. The number of rotatable bonds is 4. The van der Waals surface area contributed by atoms with E-state index < -0.39 is 0 Å². The molecule has 158 valence electrons. The molecule has 0 unspecified atom stereocenters. The van der Waals surface area contributed by atoms with Gasteiger partial charge in [0.15, 0.2) is 5.65 Å². The molecule has 1 amide bonds. The van der Waals surface area contributed by atoms with E-state index in [0.717, 1.165) is 42.8 Å². The van der Waals surface area contributed by atoms with Crippen molar-refractivity contribution >= 4 is 28.4 Å². The Morgan fingerprint density at radius 2 is 1.90 bits per heavy atom. The van der Waals surface area contributed by atoms with E-state index in [2.05, 4.69) is 62.4 Å². The molecule has 0 atom stereocenters. The second-order valence-electron chi connectivity index (χ2n) is 8.91. The van der Waals surface area contributed by atoms with Crippen LogP contribution in [0.3, 0.4) is 0 Å². The first-order valence-corrected chi connectivity index (χ1v) is 11.1. The van der Waals surface area contributed by atoms with E-state index in [4.69, 9.17) is 0 Å². The second kappa shape index (κ2) is 7.20. The highest BCUT2D eigenvalue weighted by molar-refractivity contribution is 5.92. The van der Waals surface area contributed by atoms with Crippen molar-refractivity contribution in [3.05, 3.63) is 48.7 Å². The Kier molecular flexibility index (Phi) is 4.31. The molecule has 4 heterocycles. The summed E-state index contributed by atoms with van der Waals surface area (Å²) in [6.45, 7) is 2.30. The Morgan fingerprint density at radius 3 is 2.71 bits per heavy atom. The minimum atomic E-state index is 0.0223. The fraction of sp³-hybridized carbons (Fsp3) is 0.375. The van der Waals surface area contributed by atoms with Crippen LogP contribution in [0, 0.1) is 5.92 Å². The summed E-state index contributed by atoms with van der Waals surface area (Å²) in [7, 11) is 2.20. The van der Waals surface area contributed by atoms with E-state index in [1.165, 1.54) is 23.7 Å². The number of likely N-dealkylation sites (tertiary alicyclic amines) is 1. The molecular formula is C24H26N6O. The lowest BCUT2D eigenvalue weighted by Crippen LogP contribution is -2.31. The van der Waals surface area contributed by atoms with Gasteiger partial charge in [-0.3, -0.25) is 10.1 Å². The topological polar surface area (TPSA) is 67.5 Å². The Hall–Kier alpha value is -3.19. The lowest BCUT2D eigenvalue weighted by molar-refractivity contribution is -0.117. The maximum atomic E-state index is 12.1. The van der Waals surface area contributed by atoms with Gasteiger partial charge in [0.1, 0.15) is 0 Å². The number of amides is 1. The molecule has 1 saturated heterocycles. The average molecular weight is 415 g/mol. The number of pyridine rings is 1. The third-order valence-electron chi connectivity index (χ3n) is 6.64. The first kappa shape index (κ1) is 18.6. The zero-order valence-corrected chi connectivity index (χ0v) is 17.7. The molecule has 31 heavy (non-hydrogen) atoms. The first-order valence-electron chi connectivity index (χ1n) is 11.1. The number of carbonyl (C=O) groups excluding carboxylic acids is 1. The Labute approximate surface area is 180 Å². The van der Waals surface area contributed by atoms with Gasteiger partial charge in [0, 0.05) is 34.6 Å². The molecule has 0 bridgehead atoms. The van der Waals surface area contributed by atoms with Gasteiger partial charge in [-0.15, -0.1) is 5.10 Å². The number of fused-ring (bicyclic) bond motifs is 2. The molecule has 7 heteroatoms. The van der Waals surface area contributed by atoms with Gasteiger partial charge in [-0.2, -0.15) is 4.98 Å². The number of anilines is 1. The smallest absolute Gasteiger partial charge is 0.249 e. The van der Waals surface area contributed by atoms with E-state index in [9.17, 15) is 4.79 Å². The van der Waals surface area contributed by atoms with Gasteiger partial charge in [-0.05, 0) is 76.2 Å². The third-order valence-corrected chi connectivity index (χ3v) is 6.64. The molecule has 1 saturated carbocycles. The molecule has 1 aliphatic heterocycles. The number of nitrogens with zero attached hydrogens (tertiary/aromatic N) is 5. The van der Waals surface area contributed by atoms with Crippen LogP contribution in [0.2, 0.25) is 0 Å². The highest BCUT2D eigenvalue weighted by atomic mass is 16.2. The van der Waals surface area contributed by atoms with Gasteiger partial charge in [0.25, 0.3) is 0 Å². The Bertz CT molecular complexity index is 1280. The maximum Gasteiger partial charge on any atom is 0.249 e. The fourth-order valence-corrected chi connectivity index (χ4v) is 4.65. The summed E-state index contributed by atoms with van der Waals surface area (Å²) in [4.78, 5) is 19.0. The van der Waals surface area contributed by atoms with Crippen LogP contribution in [-0.2, 0) is 4.79 Å². The normalized spacial score (nSPS) is 18.1. The predicted octanol–water partition coefficient (Wildman–Crippen LogP) is 3.97. The average Bonchev–Trinajstić information content (AvgIpc) is 3.43. The summed E-state index contributed by atoms with van der Waals surface area (Å²) in [5.74, 6) is 0.523. The molecule has 2 aliphatic rings. The maximum absolute atomic E-state index is 12.1. The molecule has 0 radical (unpaired) electrons. The number of piperidine rings is 1. The standard InChI is InChI=1S/C24H26N6O/c1-28-12-10-19(11-13-28)29-14-9-18-15-17(7-8-20(18)29)21-3-2-4-22-25-24(27-30(21)22)26-23(31)16-5-6-16/h2-4,7-9,14-16,19H,5-6,10-13H2,1H3,(H,26,27,31). The van der Waals surface area contributed by atoms with E-state index in [0.29, 0.717) is 12.0 Å². The van der Waals surface area contributed by atoms with Crippen LogP contribution in [0.4, 0.5) is 5.95 Å². The molecule has 4 aromatic rings. The number of carbonyl (C=O) groups is 1. The lowest BCUT2D eigenvalue weighted by Gasteiger charge is -2.30. The van der Waals surface area contributed by atoms with Crippen molar-refractivity contribution in [1.29, 1.82) is 0 Å². The van der Waals surface area contributed by atoms with Crippen molar-refractivity contribution in [2.75, 3.05) is 25.5 Å². The minimum Gasteiger partial charge on any atom is -0.344 e. The van der Waals surface area contributed by atoms with Crippen molar-refractivity contribution in [2.45, 2.75) is 31.7 Å². The van der Waals surface area contributed by atoms with Gasteiger partial charge in [0.2, 0.25) is 11.9 Å². The van der Waals surface area contributed by atoms with Crippen LogP contribution in [0.5, 0.6) is 0 Å². The predicted molar refractivity (Wildman–Crippen MR) is 121 cm³/mol. The highest BCUT2D eigenvalue weighted by Gasteiger charge is 2.30. The Balaban J connectivity index is 1.34. The van der Waals surface area contributed by atoms with Gasteiger partial charge < -0.3 is 9.47 Å². The molecule has 2 fully saturated rings. The summed E-state index contributed by atoms with van der Waals surface area (Å²) in [5, 5.41) is 8.66. The molecule has 0 spiro atoms. The zero-order valence-electron chi connectivity index (χ0n) is 17.7. The van der Waals surface area contributed by atoms with Crippen LogP contribution < -0.4 is 5.32 Å². The van der Waals surface area contributed by atoms with Crippen molar-refractivity contribution in [2.24, 2.45) is 5.92 Å². The number of nitrogens with one attached hydrogen (secondary N) is 1. The zero-order chi connectivity index (χ0) is 20.9. The summed E-state index contributed by atoms with van der Waals surface area (Å²) in [6, 6.07) is 15.3. The van der Waals surface area contributed by atoms with Crippen LogP contribution in [0.25, 0.3) is 27.8 Å². The van der Waals surface area contributed by atoms with E-state index in [-0.39, 0.29) is 11.8 Å². The molecule has 1 aliphatic carbocycles. The summed E-state index contributed by atoms with van der Waals surface area (Å²) in [5.41, 5.74) is 4.06. The minimum absolute atomic E-state index is 0.0223. The number of hydrogen-bond acceptors (Lipinski definition) is 4. The SMILES string of the molecule is CN1CCC(n2ccc3cc(-c4cccc5nc(NC(=O)C6CC6)nn45)ccc32)CC1. The largest absolute Gasteiger partial charge is 0.344 e. The number of hydrogen-bond donors (Lipinski definition) is 1. The second-order valence-corrected chi connectivity index (χ2v) is 8.91. The van der Waals surface area contributed by atoms with Crippen LogP contribution in [0.1, 0.15) is 31.7 Å². The quantitative estimate of drug-likeness (QED) is 0.549. The van der Waals surface area contributed by atoms with Crippen molar-refractivity contribution in [3.63, 3.8) is 0 Å². The molecule has 6 rings (SSSR count). The van der Waals surface area contributed by atoms with Gasteiger partial charge in [-0.25, -0.2) is 4.52 Å². The van der Waals surface area contributed by atoms with Crippen LogP contribution in [-0.4, -0.2) is 50.1 Å². The molecule has 1 N–H and O–H groups in total. The number of aromatic nitrogens is 4. The van der Waals surface area contributed by atoms with Gasteiger partial charge in [-0.1, -0.05) is 12.1 Å².